The maximum Gasteiger partial charge on any atom is 0.421 e. The second kappa shape index (κ2) is 7.51. The molecule has 0 bridgehead atoms. The second-order valence-electron chi connectivity index (χ2n) is 6.54. The van der Waals surface area contributed by atoms with Crippen LogP contribution in [0.25, 0.3) is 0 Å². The van der Waals surface area contributed by atoms with Crippen molar-refractivity contribution < 1.29 is 17.9 Å². The first-order valence-corrected chi connectivity index (χ1v) is 8.72. The summed E-state index contributed by atoms with van der Waals surface area (Å²) in [5.74, 6) is 0.160. The Bertz CT molecular complexity index is 758. The Labute approximate surface area is 151 Å². The van der Waals surface area contributed by atoms with Gasteiger partial charge in [-0.15, -0.1) is 0 Å². The van der Waals surface area contributed by atoms with Gasteiger partial charge < -0.3 is 9.64 Å². The van der Waals surface area contributed by atoms with Crippen molar-refractivity contribution in [3.63, 3.8) is 0 Å². The Morgan fingerprint density at radius 2 is 1.81 bits per heavy atom. The first kappa shape index (κ1) is 18.5. The van der Waals surface area contributed by atoms with E-state index in [1.807, 2.05) is 24.3 Å². The van der Waals surface area contributed by atoms with Gasteiger partial charge in [-0.3, -0.25) is 0 Å². The van der Waals surface area contributed by atoms with Gasteiger partial charge in [0, 0.05) is 18.9 Å². The first-order chi connectivity index (χ1) is 12.4. The van der Waals surface area contributed by atoms with E-state index in [1.165, 1.54) is 18.4 Å². The van der Waals surface area contributed by atoms with E-state index < -0.39 is 11.7 Å². The van der Waals surface area contributed by atoms with Crippen LogP contribution in [-0.4, -0.2) is 24.1 Å². The van der Waals surface area contributed by atoms with Crippen LogP contribution in [0.2, 0.25) is 0 Å². The minimum atomic E-state index is -4.55. The number of nitrogens with zero attached hydrogens (tertiary/aromatic N) is 3. The van der Waals surface area contributed by atoms with Crippen LogP contribution in [0.4, 0.5) is 24.7 Å². The molecule has 1 aliphatic carbocycles. The van der Waals surface area contributed by atoms with Gasteiger partial charge in [0.1, 0.15) is 5.56 Å². The molecule has 0 saturated heterocycles. The highest BCUT2D eigenvalue weighted by atomic mass is 19.4. The molecule has 1 aromatic heterocycles. The lowest BCUT2D eigenvalue weighted by molar-refractivity contribution is -0.137. The van der Waals surface area contributed by atoms with Crippen LogP contribution in [0.1, 0.15) is 49.1 Å². The Hall–Kier alpha value is -2.31. The molecule has 0 unspecified atom stereocenters. The summed E-state index contributed by atoms with van der Waals surface area (Å²) in [4.78, 5) is 9.12. The molecule has 0 spiro atoms. The molecule has 1 saturated carbocycles. The minimum Gasteiger partial charge on any atom is -0.467 e. The molecule has 7 heteroatoms. The normalized spacial score (nSPS) is 15.7. The Morgan fingerprint density at radius 1 is 1.12 bits per heavy atom. The summed E-state index contributed by atoms with van der Waals surface area (Å²) in [6.07, 6.45) is 1.87. The molecule has 0 atom stereocenters. The Kier molecular flexibility index (Phi) is 5.34. The number of rotatable bonds is 4. The first-order valence-electron chi connectivity index (χ1n) is 8.72. The van der Waals surface area contributed by atoms with Crippen molar-refractivity contribution in [3.05, 3.63) is 41.6 Å². The molecule has 0 N–H and O–H groups in total. The summed E-state index contributed by atoms with van der Waals surface area (Å²) in [7, 11) is 2.95. The SMILES string of the molecule is COc1ncc(C(F)(F)F)c(N(C)c2ccccc2C2CCCCC2)n1. The van der Waals surface area contributed by atoms with E-state index in [4.69, 9.17) is 4.74 Å². The van der Waals surface area contributed by atoms with Crippen molar-refractivity contribution in [2.24, 2.45) is 0 Å². The van der Waals surface area contributed by atoms with Crippen LogP contribution in [0.15, 0.2) is 30.5 Å². The number of para-hydroxylation sites is 1. The molecule has 1 heterocycles. The van der Waals surface area contributed by atoms with E-state index in [2.05, 4.69) is 9.97 Å². The third-order valence-electron chi connectivity index (χ3n) is 4.90. The zero-order valence-electron chi connectivity index (χ0n) is 14.9. The zero-order valence-corrected chi connectivity index (χ0v) is 14.9. The van der Waals surface area contributed by atoms with Crippen molar-refractivity contribution in [2.75, 3.05) is 19.1 Å². The molecule has 3 rings (SSSR count). The van der Waals surface area contributed by atoms with Crippen molar-refractivity contribution in [1.29, 1.82) is 0 Å². The average Bonchev–Trinajstić information content (AvgIpc) is 2.67. The molecule has 0 radical (unpaired) electrons. The smallest absolute Gasteiger partial charge is 0.421 e. The van der Waals surface area contributed by atoms with Crippen molar-refractivity contribution in [3.8, 4) is 6.01 Å². The highest BCUT2D eigenvalue weighted by Gasteiger charge is 2.37. The summed E-state index contributed by atoms with van der Waals surface area (Å²) < 4.78 is 45.3. The topological polar surface area (TPSA) is 38.2 Å². The number of methoxy groups -OCH3 is 1. The summed E-state index contributed by atoms with van der Waals surface area (Å²) >= 11 is 0. The summed E-state index contributed by atoms with van der Waals surface area (Å²) in [6, 6.07) is 7.54. The zero-order chi connectivity index (χ0) is 18.7. The number of halogens is 3. The largest absolute Gasteiger partial charge is 0.467 e. The van der Waals surface area contributed by atoms with Crippen LogP contribution in [0.3, 0.4) is 0 Å². The molecule has 4 nitrogen and oxygen atoms in total. The molecule has 140 valence electrons. The van der Waals surface area contributed by atoms with Gasteiger partial charge in [-0.05, 0) is 30.4 Å². The minimum absolute atomic E-state index is 0.0880. The average molecular weight is 365 g/mol. The Balaban J connectivity index is 2.06. The number of hydrogen-bond donors (Lipinski definition) is 0. The van der Waals surface area contributed by atoms with Crippen LogP contribution in [-0.2, 0) is 6.18 Å². The van der Waals surface area contributed by atoms with Crippen molar-refractivity contribution in [2.45, 2.75) is 44.2 Å². The fourth-order valence-corrected chi connectivity index (χ4v) is 3.58. The molecular formula is C19H22F3N3O. The van der Waals surface area contributed by atoms with E-state index >= 15 is 0 Å². The second-order valence-corrected chi connectivity index (χ2v) is 6.54. The van der Waals surface area contributed by atoms with Crippen LogP contribution < -0.4 is 9.64 Å². The molecular weight excluding hydrogens is 343 g/mol. The highest BCUT2D eigenvalue weighted by molar-refractivity contribution is 5.66. The van der Waals surface area contributed by atoms with Crippen molar-refractivity contribution in [1.82, 2.24) is 9.97 Å². The summed E-state index contributed by atoms with van der Waals surface area (Å²) in [5, 5.41) is 0. The predicted molar refractivity (Wildman–Crippen MR) is 93.9 cm³/mol. The maximum absolute atomic E-state index is 13.5. The van der Waals surface area contributed by atoms with E-state index in [0.29, 0.717) is 5.92 Å². The van der Waals surface area contributed by atoms with Gasteiger partial charge >= 0.3 is 12.2 Å². The number of hydrogen-bond acceptors (Lipinski definition) is 4. The van der Waals surface area contributed by atoms with Gasteiger partial charge in [0.2, 0.25) is 0 Å². The maximum atomic E-state index is 13.5. The van der Waals surface area contributed by atoms with Gasteiger partial charge in [0.25, 0.3) is 0 Å². The van der Waals surface area contributed by atoms with E-state index in [0.717, 1.165) is 43.1 Å². The van der Waals surface area contributed by atoms with Crippen LogP contribution in [0.5, 0.6) is 6.01 Å². The van der Waals surface area contributed by atoms with E-state index in [-0.39, 0.29) is 11.8 Å². The molecule has 1 aliphatic rings. The number of aromatic nitrogens is 2. The van der Waals surface area contributed by atoms with Crippen LogP contribution >= 0.6 is 0 Å². The third-order valence-corrected chi connectivity index (χ3v) is 4.90. The van der Waals surface area contributed by atoms with Gasteiger partial charge in [-0.1, -0.05) is 37.5 Å². The highest BCUT2D eigenvalue weighted by Crippen LogP contribution is 2.42. The van der Waals surface area contributed by atoms with Crippen molar-refractivity contribution >= 4 is 11.5 Å². The number of benzene rings is 1. The predicted octanol–water partition coefficient (Wildman–Crippen LogP) is 5.32. The molecule has 1 fully saturated rings. The fourth-order valence-electron chi connectivity index (χ4n) is 3.58. The summed E-state index contributed by atoms with van der Waals surface area (Å²) in [5.41, 5.74) is 0.935. The quantitative estimate of drug-likeness (QED) is 0.735. The molecule has 2 aromatic rings. The standard InChI is InChI=1S/C19H22F3N3O/c1-25(17-15(19(20,21)22)12-23-18(24-17)26-2)16-11-7-6-10-14(16)13-8-4-3-5-9-13/h6-7,10-13H,3-5,8-9H2,1-2H3. The van der Waals surface area contributed by atoms with E-state index in [1.54, 1.807) is 7.05 Å². The molecule has 0 amide bonds. The lowest BCUT2D eigenvalue weighted by Gasteiger charge is -2.29. The molecule has 26 heavy (non-hydrogen) atoms. The number of anilines is 2. The van der Waals surface area contributed by atoms with Gasteiger partial charge in [-0.25, -0.2) is 4.98 Å². The lowest BCUT2D eigenvalue weighted by atomic mass is 9.83. The van der Waals surface area contributed by atoms with E-state index in [9.17, 15) is 13.2 Å². The Morgan fingerprint density at radius 3 is 2.46 bits per heavy atom. The monoisotopic (exact) mass is 365 g/mol. The lowest BCUT2D eigenvalue weighted by Crippen LogP contribution is -2.21. The van der Waals surface area contributed by atoms with Gasteiger partial charge in [-0.2, -0.15) is 18.2 Å². The van der Waals surface area contributed by atoms with Gasteiger partial charge in [0.15, 0.2) is 5.82 Å². The van der Waals surface area contributed by atoms with Gasteiger partial charge in [0.05, 0.1) is 7.11 Å². The number of alkyl halides is 3. The van der Waals surface area contributed by atoms with Crippen LogP contribution in [0, 0.1) is 0 Å². The number of ether oxygens (including phenoxy) is 1. The fraction of sp³-hybridized carbons (Fsp3) is 0.474. The summed E-state index contributed by atoms with van der Waals surface area (Å²) in [6.45, 7) is 0. The molecule has 0 aliphatic heterocycles. The molecule has 1 aromatic carbocycles. The third kappa shape index (κ3) is 3.76.